The summed E-state index contributed by atoms with van der Waals surface area (Å²) in [5.74, 6) is 1.06. The van der Waals surface area contributed by atoms with Crippen molar-refractivity contribution in [3.8, 4) is 5.75 Å². The van der Waals surface area contributed by atoms with E-state index in [1.807, 2.05) is 36.4 Å². The van der Waals surface area contributed by atoms with Crippen molar-refractivity contribution in [1.29, 1.82) is 0 Å². The van der Waals surface area contributed by atoms with Crippen LogP contribution in [0.15, 0.2) is 53.6 Å². The minimum absolute atomic E-state index is 0.166. The molecule has 2 aromatic carbocycles. The van der Waals surface area contributed by atoms with Gasteiger partial charge in [-0.15, -0.1) is 0 Å². The third-order valence-corrected chi connectivity index (χ3v) is 4.10. The lowest BCUT2D eigenvalue weighted by atomic mass is 10.0. The van der Waals surface area contributed by atoms with Crippen LogP contribution in [0, 0.1) is 0 Å². The van der Waals surface area contributed by atoms with E-state index in [1.165, 1.54) is 10.6 Å². The molecule has 0 unspecified atom stereocenters. The van der Waals surface area contributed by atoms with Crippen LogP contribution in [0.4, 0.5) is 5.69 Å². The highest BCUT2D eigenvalue weighted by Gasteiger charge is 2.17. The molecule has 0 fully saturated rings. The molecule has 138 valence electrons. The molecule has 0 spiro atoms. The van der Waals surface area contributed by atoms with Crippen LogP contribution in [-0.4, -0.2) is 18.7 Å². The number of amides is 1. The topological polar surface area (TPSA) is 41.9 Å². The zero-order valence-electron chi connectivity index (χ0n) is 16.1. The van der Waals surface area contributed by atoms with Gasteiger partial charge in [0.15, 0.2) is 0 Å². The van der Waals surface area contributed by atoms with Gasteiger partial charge < -0.3 is 4.74 Å². The predicted molar refractivity (Wildman–Crippen MR) is 108 cm³/mol. The average Bonchev–Trinajstić information content (AvgIpc) is 2.66. The number of rotatable bonds is 8. The van der Waals surface area contributed by atoms with Gasteiger partial charge in [0, 0.05) is 11.8 Å². The van der Waals surface area contributed by atoms with Crippen molar-refractivity contribution in [3.05, 3.63) is 59.7 Å². The van der Waals surface area contributed by atoms with Crippen molar-refractivity contribution in [2.45, 2.75) is 46.5 Å². The predicted octanol–water partition coefficient (Wildman–Crippen LogP) is 5.64. The minimum atomic E-state index is -0.166. The fourth-order valence-corrected chi connectivity index (χ4v) is 2.50. The summed E-state index contributed by atoms with van der Waals surface area (Å²) >= 11 is 0. The van der Waals surface area contributed by atoms with E-state index < -0.39 is 0 Å². The van der Waals surface area contributed by atoms with Crippen LogP contribution in [0.1, 0.15) is 62.4 Å². The van der Waals surface area contributed by atoms with E-state index in [0.717, 1.165) is 24.3 Å². The number of hydrogen-bond acceptors (Lipinski definition) is 3. The molecule has 0 aliphatic rings. The quantitative estimate of drug-likeness (QED) is 0.350. The molecule has 0 N–H and O–H groups in total. The zero-order valence-corrected chi connectivity index (χ0v) is 16.1. The van der Waals surface area contributed by atoms with Gasteiger partial charge in [0.2, 0.25) is 0 Å². The summed E-state index contributed by atoms with van der Waals surface area (Å²) in [6, 6.07) is 15.2. The van der Waals surface area contributed by atoms with Crippen molar-refractivity contribution >= 4 is 17.8 Å². The van der Waals surface area contributed by atoms with Crippen LogP contribution in [0.5, 0.6) is 5.75 Å². The minimum Gasteiger partial charge on any atom is -0.494 e. The van der Waals surface area contributed by atoms with Gasteiger partial charge in [0.1, 0.15) is 5.75 Å². The summed E-state index contributed by atoms with van der Waals surface area (Å²) < 4.78 is 5.65. The maximum Gasteiger partial charge on any atom is 0.278 e. The van der Waals surface area contributed by atoms with Gasteiger partial charge in [0.25, 0.3) is 5.91 Å². The molecular formula is C22H28N2O2. The normalized spacial score (nSPS) is 11.1. The lowest BCUT2D eigenvalue weighted by Gasteiger charge is -2.18. The number of ether oxygens (including phenoxy) is 1. The molecular weight excluding hydrogens is 324 g/mol. The van der Waals surface area contributed by atoms with Crippen molar-refractivity contribution < 1.29 is 9.53 Å². The maximum absolute atomic E-state index is 12.9. The second-order valence-corrected chi connectivity index (χ2v) is 6.46. The Bertz CT molecular complexity index is 719. The summed E-state index contributed by atoms with van der Waals surface area (Å²) in [6.07, 6.45) is 3.73. The molecule has 4 heteroatoms. The Balaban J connectivity index is 2.17. The number of hydrazone groups is 1. The fourth-order valence-electron chi connectivity index (χ4n) is 2.50. The van der Waals surface area contributed by atoms with Crippen molar-refractivity contribution in [2.75, 3.05) is 11.6 Å². The van der Waals surface area contributed by atoms with Gasteiger partial charge in [-0.05, 0) is 61.2 Å². The molecule has 26 heavy (non-hydrogen) atoms. The Hall–Kier alpha value is -2.62. The molecule has 0 radical (unpaired) electrons. The number of unbranched alkanes of at least 4 members (excludes halogenated alkanes) is 1. The SMILES string of the molecule is C/C=N/N(C(=O)c1ccc(OCCCC)cc1)c1ccc(C(C)C)cc1. The van der Waals surface area contributed by atoms with E-state index >= 15 is 0 Å². The second kappa shape index (κ2) is 9.76. The van der Waals surface area contributed by atoms with Gasteiger partial charge >= 0.3 is 0 Å². The van der Waals surface area contributed by atoms with E-state index in [2.05, 4.69) is 25.9 Å². The molecule has 2 aromatic rings. The van der Waals surface area contributed by atoms with Gasteiger partial charge in [-0.1, -0.05) is 39.3 Å². The summed E-state index contributed by atoms with van der Waals surface area (Å²) in [4.78, 5) is 12.9. The number of carbonyl (C=O) groups excluding carboxylic acids is 1. The average molecular weight is 352 g/mol. The molecule has 0 atom stereocenters. The lowest BCUT2D eigenvalue weighted by Crippen LogP contribution is -2.25. The molecule has 0 aliphatic heterocycles. The summed E-state index contributed by atoms with van der Waals surface area (Å²) in [6.45, 7) is 8.91. The Morgan fingerprint density at radius 3 is 2.31 bits per heavy atom. The zero-order chi connectivity index (χ0) is 18.9. The second-order valence-electron chi connectivity index (χ2n) is 6.46. The van der Waals surface area contributed by atoms with E-state index in [-0.39, 0.29) is 5.91 Å². The van der Waals surface area contributed by atoms with Crippen LogP contribution < -0.4 is 9.75 Å². The fraction of sp³-hybridized carbons (Fsp3) is 0.364. The Morgan fingerprint density at radius 2 is 1.77 bits per heavy atom. The molecule has 0 saturated heterocycles. The van der Waals surface area contributed by atoms with Crippen LogP contribution in [0.3, 0.4) is 0 Å². The highest BCUT2D eigenvalue weighted by atomic mass is 16.5. The van der Waals surface area contributed by atoms with E-state index in [9.17, 15) is 4.79 Å². The smallest absolute Gasteiger partial charge is 0.278 e. The number of anilines is 1. The Labute approximate surface area is 156 Å². The highest BCUT2D eigenvalue weighted by molar-refractivity contribution is 6.06. The largest absolute Gasteiger partial charge is 0.494 e. The van der Waals surface area contributed by atoms with Crippen molar-refractivity contribution in [2.24, 2.45) is 5.10 Å². The van der Waals surface area contributed by atoms with E-state index in [4.69, 9.17) is 4.74 Å². The highest BCUT2D eigenvalue weighted by Crippen LogP contribution is 2.23. The van der Waals surface area contributed by atoms with Crippen molar-refractivity contribution in [3.63, 3.8) is 0 Å². The van der Waals surface area contributed by atoms with E-state index in [1.54, 1.807) is 25.3 Å². The molecule has 0 bridgehead atoms. The first-order valence-corrected chi connectivity index (χ1v) is 9.22. The van der Waals surface area contributed by atoms with Crippen LogP contribution in [0.2, 0.25) is 0 Å². The summed E-state index contributed by atoms with van der Waals surface area (Å²) in [5.41, 5.74) is 2.56. The van der Waals surface area contributed by atoms with Gasteiger partial charge in [0.05, 0.1) is 12.3 Å². The summed E-state index contributed by atoms with van der Waals surface area (Å²) in [5, 5.41) is 5.68. The standard InChI is InChI=1S/C22H28N2O2/c1-5-7-16-26-21-14-10-19(11-15-21)22(25)24(23-6-2)20-12-8-18(9-13-20)17(3)4/h6,8-15,17H,5,7,16H2,1-4H3/b23-6+. The number of hydrogen-bond donors (Lipinski definition) is 0. The van der Waals surface area contributed by atoms with Crippen LogP contribution in [0.25, 0.3) is 0 Å². The van der Waals surface area contributed by atoms with Crippen molar-refractivity contribution in [1.82, 2.24) is 0 Å². The first kappa shape index (κ1) is 19.7. The molecule has 0 aromatic heterocycles. The molecule has 0 heterocycles. The summed E-state index contributed by atoms with van der Waals surface area (Å²) in [7, 11) is 0. The van der Waals surface area contributed by atoms with E-state index in [0.29, 0.717) is 18.1 Å². The van der Waals surface area contributed by atoms with Gasteiger partial charge in [-0.2, -0.15) is 10.1 Å². The number of benzene rings is 2. The lowest BCUT2D eigenvalue weighted by molar-refractivity contribution is 0.0987. The number of carbonyl (C=O) groups is 1. The Morgan fingerprint density at radius 1 is 1.12 bits per heavy atom. The van der Waals surface area contributed by atoms with Crippen LogP contribution in [-0.2, 0) is 0 Å². The molecule has 4 nitrogen and oxygen atoms in total. The third kappa shape index (κ3) is 5.19. The molecule has 0 saturated carbocycles. The molecule has 1 amide bonds. The third-order valence-electron chi connectivity index (χ3n) is 4.10. The van der Waals surface area contributed by atoms with Gasteiger partial charge in [-0.25, -0.2) is 0 Å². The molecule has 2 rings (SSSR count). The van der Waals surface area contributed by atoms with Gasteiger partial charge in [-0.3, -0.25) is 4.79 Å². The first-order valence-electron chi connectivity index (χ1n) is 9.22. The molecule has 0 aliphatic carbocycles. The first-order chi connectivity index (χ1) is 12.6. The number of nitrogens with zero attached hydrogens (tertiary/aromatic N) is 2. The Kier molecular flexibility index (Phi) is 7.39. The monoisotopic (exact) mass is 352 g/mol. The van der Waals surface area contributed by atoms with Crippen LogP contribution >= 0.6 is 0 Å². The maximum atomic E-state index is 12.9.